The molecule has 1 amide bonds. The number of nitrogens with zero attached hydrogens (tertiary/aromatic N) is 3. The van der Waals surface area contributed by atoms with Crippen LogP contribution >= 0.6 is 0 Å². The molecule has 170 valence electrons. The first-order chi connectivity index (χ1) is 16.2. The van der Waals surface area contributed by atoms with E-state index < -0.39 is 6.10 Å². The van der Waals surface area contributed by atoms with E-state index >= 15 is 0 Å². The molecule has 3 heterocycles. The summed E-state index contributed by atoms with van der Waals surface area (Å²) in [5, 5.41) is 11.6. The van der Waals surface area contributed by atoms with E-state index in [4.69, 9.17) is 18.9 Å². The summed E-state index contributed by atoms with van der Waals surface area (Å²) in [7, 11) is 0. The van der Waals surface area contributed by atoms with Crippen LogP contribution in [0.5, 0.6) is 17.2 Å². The van der Waals surface area contributed by atoms with Crippen molar-refractivity contribution in [2.24, 2.45) is 0 Å². The number of benzene rings is 2. The van der Waals surface area contributed by atoms with Crippen LogP contribution in [0.25, 0.3) is 11.3 Å². The largest absolute Gasteiger partial charge is 0.481 e. The third-order valence-corrected chi connectivity index (χ3v) is 5.44. The van der Waals surface area contributed by atoms with Gasteiger partial charge in [0, 0.05) is 30.4 Å². The van der Waals surface area contributed by atoms with Gasteiger partial charge in [-0.15, -0.1) is 10.2 Å². The van der Waals surface area contributed by atoms with Crippen LogP contribution in [0.3, 0.4) is 0 Å². The summed E-state index contributed by atoms with van der Waals surface area (Å²) in [6, 6.07) is 16.6. The molecule has 1 unspecified atom stereocenters. The zero-order chi connectivity index (χ0) is 22.6. The molecule has 0 bridgehead atoms. The molecule has 1 fully saturated rings. The molecule has 9 nitrogen and oxygen atoms in total. The van der Waals surface area contributed by atoms with Crippen LogP contribution in [-0.2, 0) is 9.53 Å². The number of hydrogen-bond acceptors (Lipinski definition) is 8. The highest BCUT2D eigenvalue weighted by Crippen LogP contribution is 2.35. The minimum absolute atomic E-state index is 0.186. The van der Waals surface area contributed by atoms with Crippen molar-refractivity contribution in [3.63, 3.8) is 0 Å². The summed E-state index contributed by atoms with van der Waals surface area (Å²) in [6.07, 6.45) is -0.707. The van der Waals surface area contributed by atoms with Crippen molar-refractivity contribution in [3.05, 3.63) is 54.6 Å². The highest BCUT2D eigenvalue weighted by Gasteiger charge is 2.19. The van der Waals surface area contributed by atoms with Gasteiger partial charge >= 0.3 is 0 Å². The SMILES string of the molecule is CC(Oc1ccc2c(c1)OCO2)C(=O)Nc1cccc(-c2ccc(N3CCOCC3)nn2)c1. The van der Waals surface area contributed by atoms with Gasteiger partial charge < -0.3 is 29.2 Å². The Bertz CT molecular complexity index is 1130. The average Bonchev–Trinajstić information content (AvgIpc) is 3.33. The van der Waals surface area contributed by atoms with E-state index in [1.807, 2.05) is 36.4 Å². The highest BCUT2D eigenvalue weighted by molar-refractivity contribution is 5.94. The maximum Gasteiger partial charge on any atom is 0.265 e. The predicted molar refractivity (Wildman–Crippen MR) is 122 cm³/mol. The molecule has 0 saturated carbocycles. The van der Waals surface area contributed by atoms with Crippen molar-refractivity contribution < 1.29 is 23.7 Å². The van der Waals surface area contributed by atoms with Crippen molar-refractivity contribution >= 4 is 17.4 Å². The van der Waals surface area contributed by atoms with Gasteiger partial charge in [-0.05, 0) is 43.3 Å². The number of anilines is 2. The number of rotatable bonds is 6. The van der Waals surface area contributed by atoms with Gasteiger partial charge in [-0.1, -0.05) is 12.1 Å². The van der Waals surface area contributed by atoms with E-state index in [-0.39, 0.29) is 12.7 Å². The summed E-state index contributed by atoms with van der Waals surface area (Å²) in [5.74, 6) is 2.37. The minimum Gasteiger partial charge on any atom is -0.481 e. The van der Waals surface area contributed by atoms with Gasteiger partial charge in [0.1, 0.15) is 5.75 Å². The van der Waals surface area contributed by atoms with E-state index in [0.717, 1.165) is 30.2 Å². The molecule has 0 radical (unpaired) electrons. The molecule has 3 aromatic rings. The molecular weight excluding hydrogens is 424 g/mol. The van der Waals surface area contributed by atoms with Crippen molar-refractivity contribution in [1.82, 2.24) is 10.2 Å². The molecular formula is C24H24N4O5. The molecule has 1 atom stereocenters. The Morgan fingerprint density at radius 1 is 1.03 bits per heavy atom. The molecule has 33 heavy (non-hydrogen) atoms. The van der Waals surface area contributed by atoms with Crippen molar-refractivity contribution in [2.75, 3.05) is 43.3 Å². The second-order valence-electron chi connectivity index (χ2n) is 7.72. The van der Waals surface area contributed by atoms with Crippen molar-refractivity contribution in [3.8, 4) is 28.5 Å². The molecule has 2 aliphatic rings. The fraction of sp³-hybridized carbons (Fsp3) is 0.292. The summed E-state index contributed by atoms with van der Waals surface area (Å²) in [5.41, 5.74) is 2.24. The molecule has 5 rings (SSSR count). The van der Waals surface area contributed by atoms with Crippen LogP contribution in [0.1, 0.15) is 6.92 Å². The smallest absolute Gasteiger partial charge is 0.265 e. The van der Waals surface area contributed by atoms with Crippen LogP contribution in [-0.4, -0.2) is 55.3 Å². The Morgan fingerprint density at radius 3 is 2.70 bits per heavy atom. The van der Waals surface area contributed by atoms with Crippen LogP contribution < -0.4 is 24.4 Å². The Hall–Kier alpha value is -3.85. The van der Waals surface area contributed by atoms with Crippen molar-refractivity contribution in [1.29, 1.82) is 0 Å². The van der Waals surface area contributed by atoms with Crippen LogP contribution in [0.15, 0.2) is 54.6 Å². The first-order valence-corrected chi connectivity index (χ1v) is 10.8. The first kappa shape index (κ1) is 21.0. The fourth-order valence-corrected chi connectivity index (χ4v) is 3.65. The standard InChI is InChI=1S/C24H24N4O5/c1-16(33-19-5-7-21-22(14-19)32-15-31-21)24(29)25-18-4-2-3-17(13-18)20-6-8-23(27-26-20)28-9-11-30-12-10-28/h2-8,13-14,16H,9-12,15H2,1H3,(H,25,29). The average molecular weight is 448 g/mol. The lowest BCUT2D eigenvalue weighted by Gasteiger charge is -2.27. The van der Waals surface area contributed by atoms with Crippen LogP contribution in [0.2, 0.25) is 0 Å². The van der Waals surface area contributed by atoms with Gasteiger partial charge in [0.2, 0.25) is 6.79 Å². The second-order valence-corrected chi connectivity index (χ2v) is 7.72. The normalized spacial score (nSPS) is 15.7. The zero-order valence-corrected chi connectivity index (χ0v) is 18.2. The third kappa shape index (κ3) is 4.83. The number of carbonyl (C=O) groups excluding carboxylic acids is 1. The molecule has 0 aliphatic carbocycles. The fourth-order valence-electron chi connectivity index (χ4n) is 3.65. The Balaban J connectivity index is 1.23. The monoisotopic (exact) mass is 448 g/mol. The summed E-state index contributed by atoms with van der Waals surface area (Å²) < 4.78 is 21.8. The van der Waals surface area contributed by atoms with Gasteiger partial charge in [0.25, 0.3) is 5.91 Å². The number of fused-ring (bicyclic) bond motifs is 1. The van der Waals surface area contributed by atoms with E-state index in [1.54, 1.807) is 25.1 Å². The van der Waals surface area contributed by atoms with Crippen LogP contribution in [0, 0.1) is 0 Å². The van der Waals surface area contributed by atoms with E-state index in [2.05, 4.69) is 20.4 Å². The van der Waals surface area contributed by atoms with E-state index in [1.165, 1.54) is 0 Å². The number of hydrogen-bond donors (Lipinski definition) is 1. The maximum atomic E-state index is 12.7. The van der Waals surface area contributed by atoms with Gasteiger partial charge in [0.05, 0.1) is 18.9 Å². The maximum absolute atomic E-state index is 12.7. The lowest BCUT2D eigenvalue weighted by molar-refractivity contribution is -0.122. The second kappa shape index (κ2) is 9.33. The lowest BCUT2D eigenvalue weighted by Crippen LogP contribution is -2.36. The van der Waals surface area contributed by atoms with Crippen molar-refractivity contribution in [2.45, 2.75) is 13.0 Å². The Kier molecular flexibility index (Phi) is 5.95. The summed E-state index contributed by atoms with van der Waals surface area (Å²) >= 11 is 0. The van der Waals surface area contributed by atoms with E-state index in [0.29, 0.717) is 36.1 Å². The molecule has 0 spiro atoms. The van der Waals surface area contributed by atoms with E-state index in [9.17, 15) is 4.79 Å². The molecule has 2 aromatic carbocycles. The lowest BCUT2D eigenvalue weighted by atomic mass is 10.1. The Morgan fingerprint density at radius 2 is 1.88 bits per heavy atom. The Labute approximate surface area is 191 Å². The molecule has 9 heteroatoms. The highest BCUT2D eigenvalue weighted by atomic mass is 16.7. The summed E-state index contributed by atoms with van der Waals surface area (Å²) in [4.78, 5) is 14.8. The number of amides is 1. The topological polar surface area (TPSA) is 95.0 Å². The molecule has 1 saturated heterocycles. The minimum atomic E-state index is -0.707. The van der Waals surface area contributed by atoms with Gasteiger partial charge in [-0.3, -0.25) is 4.79 Å². The zero-order valence-electron chi connectivity index (χ0n) is 18.2. The number of ether oxygens (including phenoxy) is 4. The molecule has 1 aromatic heterocycles. The number of morpholine rings is 1. The van der Waals surface area contributed by atoms with Crippen LogP contribution in [0.4, 0.5) is 11.5 Å². The van der Waals surface area contributed by atoms with Gasteiger partial charge in [-0.25, -0.2) is 0 Å². The third-order valence-electron chi connectivity index (χ3n) is 5.44. The first-order valence-electron chi connectivity index (χ1n) is 10.8. The number of carbonyl (C=O) groups is 1. The summed E-state index contributed by atoms with van der Waals surface area (Å²) in [6.45, 7) is 4.89. The number of nitrogens with one attached hydrogen (secondary N) is 1. The number of aromatic nitrogens is 2. The quantitative estimate of drug-likeness (QED) is 0.615. The molecule has 2 aliphatic heterocycles. The predicted octanol–water partition coefficient (Wildman–Crippen LogP) is 3.11. The van der Waals surface area contributed by atoms with Gasteiger partial charge in [-0.2, -0.15) is 0 Å². The van der Waals surface area contributed by atoms with Gasteiger partial charge in [0.15, 0.2) is 23.4 Å². The molecule has 1 N–H and O–H groups in total.